The standard InChI is InChI=1S/C12H14N4O2/c13-10-4-1-9(2-5-10)3-6-12(17)14-7-11-15-8-18-16-11/h1-2,4-5,8H,3,6-7,13H2,(H,14,17). The van der Waals surface area contributed by atoms with Crippen LogP contribution in [0, 0.1) is 0 Å². The van der Waals surface area contributed by atoms with Gasteiger partial charge < -0.3 is 15.6 Å². The second-order valence-electron chi connectivity index (χ2n) is 3.87. The summed E-state index contributed by atoms with van der Waals surface area (Å²) in [5.41, 5.74) is 7.39. The SMILES string of the molecule is Nc1ccc(CCC(=O)NCc2ncon2)cc1. The number of carbonyl (C=O) groups is 1. The fraction of sp³-hybridized carbons (Fsp3) is 0.250. The highest BCUT2D eigenvalue weighted by atomic mass is 16.5. The number of benzene rings is 1. The normalized spacial score (nSPS) is 10.2. The summed E-state index contributed by atoms with van der Waals surface area (Å²) in [7, 11) is 0. The van der Waals surface area contributed by atoms with E-state index in [0.717, 1.165) is 11.3 Å². The summed E-state index contributed by atoms with van der Waals surface area (Å²) in [6, 6.07) is 7.49. The van der Waals surface area contributed by atoms with Gasteiger partial charge in [-0.15, -0.1) is 0 Å². The zero-order chi connectivity index (χ0) is 12.8. The number of carbonyl (C=O) groups excluding carboxylic acids is 1. The van der Waals surface area contributed by atoms with E-state index in [2.05, 4.69) is 20.0 Å². The Morgan fingerprint density at radius 1 is 1.33 bits per heavy atom. The number of aryl methyl sites for hydroxylation is 1. The van der Waals surface area contributed by atoms with Gasteiger partial charge in [0.05, 0.1) is 6.54 Å². The van der Waals surface area contributed by atoms with Crippen LogP contribution in [0.15, 0.2) is 35.2 Å². The topological polar surface area (TPSA) is 94.0 Å². The maximum atomic E-state index is 11.6. The van der Waals surface area contributed by atoms with Gasteiger partial charge in [0.25, 0.3) is 0 Å². The van der Waals surface area contributed by atoms with Crippen molar-refractivity contribution in [3.8, 4) is 0 Å². The predicted octanol–water partition coefficient (Wildman–Crippen LogP) is 0.901. The second-order valence-corrected chi connectivity index (χ2v) is 3.87. The van der Waals surface area contributed by atoms with Crippen molar-refractivity contribution in [3.63, 3.8) is 0 Å². The van der Waals surface area contributed by atoms with Crippen molar-refractivity contribution in [2.75, 3.05) is 5.73 Å². The van der Waals surface area contributed by atoms with Crippen molar-refractivity contribution in [1.82, 2.24) is 15.5 Å². The van der Waals surface area contributed by atoms with E-state index in [4.69, 9.17) is 5.73 Å². The number of rotatable bonds is 5. The molecule has 94 valence electrons. The number of hydrogen-bond donors (Lipinski definition) is 2. The van der Waals surface area contributed by atoms with Crippen LogP contribution in [-0.2, 0) is 17.8 Å². The largest absolute Gasteiger partial charge is 0.399 e. The fourth-order valence-electron chi connectivity index (χ4n) is 1.48. The zero-order valence-corrected chi connectivity index (χ0v) is 9.80. The molecule has 18 heavy (non-hydrogen) atoms. The number of anilines is 1. The molecule has 3 N–H and O–H groups in total. The quantitative estimate of drug-likeness (QED) is 0.764. The van der Waals surface area contributed by atoms with Gasteiger partial charge in [-0.05, 0) is 24.1 Å². The lowest BCUT2D eigenvalue weighted by Gasteiger charge is -2.03. The van der Waals surface area contributed by atoms with Crippen molar-refractivity contribution in [2.45, 2.75) is 19.4 Å². The number of nitrogens with one attached hydrogen (secondary N) is 1. The molecule has 0 unspecified atom stereocenters. The van der Waals surface area contributed by atoms with E-state index in [1.165, 1.54) is 6.39 Å². The van der Waals surface area contributed by atoms with E-state index in [1.807, 2.05) is 24.3 Å². The van der Waals surface area contributed by atoms with Crippen LogP contribution in [0.4, 0.5) is 5.69 Å². The van der Waals surface area contributed by atoms with Gasteiger partial charge in [-0.1, -0.05) is 17.3 Å². The molecule has 0 aliphatic rings. The van der Waals surface area contributed by atoms with Crippen molar-refractivity contribution < 1.29 is 9.32 Å². The minimum atomic E-state index is -0.0448. The molecule has 0 bridgehead atoms. The highest BCUT2D eigenvalue weighted by Crippen LogP contribution is 2.07. The number of aromatic nitrogens is 2. The molecule has 1 aromatic heterocycles. The number of nitrogen functional groups attached to an aromatic ring is 1. The molecule has 0 radical (unpaired) electrons. The summed E-state index contributed by atoms with van der Waals surface area (Å²) in [6.07, 6.45) is 2.33. The van der Waals surface area contributed by atoms with Crippen LogP contribution in [0.25, 0.3) is 0 Å². The molecule has 2 aromatic rings. The van der Waals surface area contributed by atoms with Crippen LogP contribution in [0.5, 0.6) is 0 Å². The van der Waals surface area contributed by atoms with Gasteiger partial charge >= 0.3 is 0 Å². The van der Waals surface area contributed by atoms with Crippen LogP contribution in [0.1, 0.15) is 17.8 Å². The first-order valence-corrected chi connectivity index (χ1v) is 5.60. The van der Waals surface area contributed by atoms with Crippen LogP contribution in [0.2, 0.25) is 0 Å². The molecule has 1 heterocycles. The summed E-state index contributed by atoms with van der Waals surface area (Å²) < 4.78 is 4.56. The van der Waals surface area contributed by atoms with E-state index in [-0.39, 0.29) is 12.5 Å². The lowest BCUT2D eigenvalue weighted by Crippen LogP contribution is -2.23. The minimum absolute atomic E-state index is 0.0448. The lowest BCUT2D eigenvalue weighted by atomic mass is 10.1. The number of hydrogen-bond acceptors (Lipinski definition) is 5. The smallest absolute Gasteiger partial charge is 0.220 e. The van der Waals surface area contributed by atoms with Crippen LogP contribution >= 0.6 is 0 Å². The van der Waals surface area contributed by atoms with Gasteiger partial charge in [0, 0.05) is 12.1 Å². The van der Waals surface area contributed by atoms with E-state index >= 15 is 0 Å². The highest BCUT2D eigenvalue weighted by Gasteiger charge is 2.04. The first-order valence-electron chi connectivity index (χ1n) is 5.60. The molecule has 0 saturated heterocycles. The second kappa shape index (κ2) is 5.81. The van der Waals surface area contributed by atoms with E-state index in [0.29, 0.717) is 18.7 Å². The third-order valence-corrected chi connectivity index (χ3v) is 2.47. The third kappa shape index (κ3) is 3.58. The Morgan fingerprint density at radius 3 is 2.78 bits per heavy atom. The van der Waals surface area contributed by atoms with E-state index in [9.17, 15) is 4.79 Å². The Balaban J connectivity index is 1.73. The van der Waals surface area contributed by atoms with Gasteiger partial charge in [-0.25, -0.2) is 0 Å². The van der Waals surface area contributed by atoms with Crippen LogP contribution in [-0.4, -0.2) is 16.0 Å². The summed E-state index contributed by atoms with van der Waals surface area (Å²) in [6.45, 7) is 0.289. The molecular weight excluding hydrogens is 232 g/mol. The molecule has 0 saturated carbocycles. The number of amides is 1. The molecule has 1 amide bonds. The molecule has 1 aromatic carbocycles. The summed E-state index contributed by atoms with van der Waals surface area (Å²) in [5, 5.41) is 6.32. The molecule has 0 spiro atoms. The van der Waals surface area contributed by atoms with Crippen molar-refractivity contribution >= 4 is 11.6 Å². The van der Waals surface area contributed by atoms with Gasteiger partial charge in [0.1, 0.15) is 0 Å². The fourth-order valence-corrected chi connectivity index (χ4v) is 1.48. The molecular formula is C12H14N4O2. The monoisotopic (exact) mass is 246 g/mol. The van der Waals surface area contributed by atoms with Crippen molar-refractivity contribution in [2.24, 2.45) is 0 Å². The van der Waals surface area contributed by atoms with Gasteiger partial charge in [-0.3, -0.25) is 4.79 Å². The first kappa shape index (κ1) is 12.1. The average Bonchev–Trinajstić information content (AvgIpc) is 2.89. The van der Waals surface area contributed by atoms with Crippen molar-refractivity contribution in [1.29, 1.82) is 0 Å². The van der Waals surface area contributed by atoms with Gasteiger partial charge in [0.2, 0.25) is 12.3 Å². The lowest BCUT2D eigenvalue weighted by molar-refractivity contribution is -0.121. The Bertz CT molecular complexity index is 493. The molecule has 6 nitrogen and oxygen atoms in total. The summed E-state index contributed by atoms with van der Waals surface area (Å²) in [5.74, 6) is 0.424. The Morgan fingerprint density at radius 2 is 2.11 bits per heavy atom. The maximum Gasteiger partial charge on any atom is 0.220 e. The molecule has 2 rings (SSSR count). The predicted molar refractivity (Wildman–Crippen MR) is 65.3 cm³/mol. The van der Waals surface area contributed by atoms with E-state index in [1.54, 1.807) is 0 Å². The van der Waals surface area contributed by atoms with Crippen LogP contribution in [0.3, 0.4) is 0 Å². The van der Waals surface area contributed by atoms with Crippen LogP contribution < -0.4 is 11.1 Å². The van der Waals surface area contributed by atoms with Gasteiger partial charge in [0.15, 0.2) is 5.82 Å². The van der Waals surface area contributed by atoms with Gasteiger partial charge in [-0.2, -0.15) is 4.98 Å². The zero-order valence-electron chi connectivity index (χ0n) is 9.80. The van der Waals surface area contributed by atoms with Crippen molar-refractivity contribution in [3.05, 3.63) is 42.0 Å². The number of nitrogens with zero attached hydrogens (tertiary/aromatic N) is 2. The number of nitrogens with two attached hydrogens (primary N) is 1. The molecule has 0 aliphatic carbocycles. The molecule has 0 aliphatic heterocycles. The Hall–Kier alpha value is -2.37. The average molecular weight is 246 g/mol. The summed E-state index contributed by atoms with van der Waals surface area (Å²) >= 11 is 0. The summed E-state index contributed by atoms with van der Waals surface area (Å²) in [4.78, 5) is 15.4. The first-order chi connectivity index (χ1) is 8.74. The minimum Gasteiger partial charge on any atom is -0.399 e. The highest BCUT2D eigenvalue weighted by molar-refractivity contribution is 5.76. The van der Waals surface area contributed by atoms with E-state index < -0.39 is 0 Å². The maximum absolute atomic E-state index is 11.6. The Labute approximate surface area is 104 Å². The molecule has 0 atom stereocenters. The molecule has 0 fully saturated rings. The Kier molecular flexibility index (Phi) is 3.90. The third-order valence-electron chi connectivity index (χ3n) is 2.47. The molecule has 6 heteroatoms.